The van der Waals surface area contributed by atoms with Crippen molar-refractivity contribution >= 4 is 62.4 Å². The van der Waals surface area contributed by atoms with E-state index in [0.29, 0.717) is 0 Å². The largest absolute Gasteiger partial charge is 0.309 e. The zero-order valence-electron chi connectivity index (χ0n) is 24.4. The highest BCUT2D eigenvalue weighted by Gasteiger charge is 2.52. The van der Waals surface area contributed by atoms with E-state index in [9.17, 15) is 0 Å². The highest BCUT2D eigenvalue weighted by molar-refractivity contribution is 8.00. The number of aromatic nitrogens is 1. The second-order valence-electron chi connectivity index (χ2n) is 12.1. The molecule has 45 heavy (non-hydrogen) atoms. The molecule has 7 aromatic carbocycles. The summed E-state index contributed by atoms with van der Waals surface area (Å²) in [5.41, 5.74) is 8.96. The minimum Gasteiger partial charge on any atom is -0.309 e. The van der Waals surface area contributed by atoms with Crippen LogP contribution in [0.25, 0.3) is 49.7 Å². The Hall–Kier alpha value is -5.09. The number of nitrogens with zero attached hydrogens (tertiary/aromatic N) is 1. The van der Waals surface area contributed by atoms with Gasteiger partial charge >= 0.3 is 0 Å². The molecule has 0 amide bonds. The fourth-order valence-corrected chi connectivity index (χ4v) is 15.4. The van der Waals surface area contributed by atoms with Crippen LogP contribution >= 0.6 is 11.8 Å². The molecule has 3 heteroatoms. The summed E-state index contributed by atoms with van der Waals surface area (Å²) in [5, 5.41) is 8.62. The van der Waals surface area contributed by atoms with E-state index in [0.717, 1.165) is 0 Å². The Morgan fingerprint density at radius 2 is 0.911 bits per heavy atom. The standard InChI is InChI=1S/C42H27NSSi/c1-4-14-35-31(11-1)32-12-2-5-15-36(32)43(35)30-24-21-28(22-25-30)29-23-26-34-33-13-3-8-18-39(33)45(42(34)27-29)40-19-9-6-16-37(40)44-38-17-7-10-20-41(38)45/h1-27H. The molecule has 1 nitrogen and oxygen atoms in total. The van der Waals surface area contributed by atoms with Crippen molar-refractivity contribution in [1.29, 1.82) is 0 Å². The van der Waals surface area contributed by atoms with Crippen molar-refractivity contribution in [3.63, 3.8) is 0 Å². The van der Waals surface area contributed by atoms with Crippen LogP contribution in [0.4, 0.5) is 0 Å². The molecule has 1 spiro atoms. The highest BCUT2D eigenvalue weighted by atomic mass is 32.2. The van der Waals surface area contributed by atoms with E-state index in [-0.39, 0.29) is 0 Å². The SMILES string of the molecule is c1ccc2c(c1)Sc1ccccc1[Si]21c2ccccc2-c2ccc(-c3ccc(-n4c5ccccc5c5ccccc54)cc3)cc21. The van der Waals surface area contributed by atoms with Crippen LogP contribution in [0, 0.1) is 0 Å². The average Bonchev–Trinajstić information content (AvgIpc) is 3.59. The smallest absolute Gasteiger partial charge is 0.183 e. The molecule has 0 aliphatic carbocycles. The molecule has 0 bridgehead atoms. The Labute approximate surface area is 267 Å². The summed E-state index contributed by atoms with van der Waals surface area (Å²) in [4.78, 5) is 2.79. The maximum atomic E-state index is 2.53. The number of hydrogen-bond donors (Lipinski definition) is 0. The Bertz CT molecular complexity index is 2370. The van der Waals surface area contributed by atoms with Crippen molar-refractivity contribution in [2.75, 3.05) is 0 Å². The molecule has 1 aromatic heterocycles. The molecule has 8 aromatic rings. The van der Waals surface area contributed by atoms with E-state index in [1.165, 1.54) is 80.3 Å². The first-order valence-electron chi connectivity index (χ1n) is 15.5. The molecular formula is C42H27NSSi. The fourth-order valence-electron chi connectivity index (χ4n) is 8.04. The predicted octanol–water partition coefficient (Wildman–Crippen LogP) is 8.27. The number of hydrogen-bond acceptors (Lipinski definition) is 1. The van der Waals surface area contributed by atoms with Gasteiger partial charge in [0.1, 0.15) is 0 Å². The normalized spacial score (nSPS) is 13.9. The van der Waals surface area contributed by atoms with Gasteiger partial charge in [-0.15, -0.1) is 0 Å². The lowest BCUT2D eigenvalue weighted by Crippen LogP contribution is -2.74. The summed E-state index contributed by atoms with van der Waals surface area (Å²) in [6.07, 6.45) is 0. The maximum absolute atomic E-state index is 2.53. The molecule has 0 saturated heterocycles. The topological polar surface area (TPSA) is 4.93 Å². The van der Waals surface area contributed by atoms with Crippen molar-refractivity contribution in [2.24, 2.45) is 0 Å². The molecule has 0 unspecified atom stereocenters. The van der Waals surface area contributed by atoms with Crippen LogP contribution < -0.4 is 20.7 Å². The zero-order valence-corrected chi connectivity index (χ0v) is 26.3. The summed E-state index contributed by atoms with van der Waals surface area (Å²) in [6.45, 7) is 0. The minimum absolute atomic E-state index is 1.18. The highest BCUT2D eigenvalue weighted by Crippen LogP contribution is 2.39. The first-order valence-corrected chi connectivity index (χ1v) is 18.3. The first-order chi connectivity index (χ1) is 22.3. The van der Waals surface area contributed by atoms with Gasteiger partial charge in [-0.2, -0.15) is 0 Å². The molecule has 210 valence electrons. The van der Waals surface area contributed by atoms with E-state index < -0.39 is 8.07 Å². The van der Waals surface area contributed by atoms with Gasteiger partial charge in [0.25, 0.3) is 0 Å². The van der Waals surface area contributed by atoms with Gasteiger partial charge in [0.2, 0.25) is 0 Å². The third-order valence-corrected chi connectivity index (χ3v) is 16.4. The molecule has 0 N–H and O–H groups in total. The Balaban J connectivity index is 1.18. The van der Waals surface area contributed by atoms with Gasteiger partial charge in [0.15, 0.2) is 8.07 Å². The van der Waals surface area contributed by atoms with Crippen molar-refractivity contribution in [2.45, 2.75) is 9.79 Å². The fraction of sp³-hybridized carbons (Fsp3) is 0. The van der Waals surface area contributed by atoms with Gasteiger partial charge in [-0.05, 0) is 79.4 Å². The van der Waals surface area contributed by atoms with Crippen molar-refractivity contribution in [3.8, 4) is 27.9 Å². The summed E-state index contributed by atoms with van der Waals surface area (Å²) < 4.78 is 2.39. The predicted molar refractivity (Wildman–Crippen MR) is 193 cm³/mol. The van der Waals surface area contributed by atoms with E-state index in [2.05, 4.69) is 168 Å². The van der Waals surface area contributed by atoms with Crippen LogP contribution in [0.3, 0.4) is 0 Å². The third-order valence-electron chi connectivity index (χ3n) is 9.89. The average molecular weight is 606 g/mol. The summed E-state index contributed by atoms with van der Waals surface area (Å²) in [6, 6.07) is 61.3. The van der Waals surface area contributed by atoms with E-state index in [4.69, 9.17) is 0 Å². The number of rotatable bonds is 2. The lowest BCUT2D eigenvalue weighted by Gasteiger charge is -2.37. The summed E-state index contributed by atoms with van der Waals surface area (Å²) >= 11 is 1.93. The summed E-state index contributed by atoms with van der Waals surface area (Å²) in [5.74, 6) is 0. The molecule has 0 saturated carbocycles. The number of fused-ring (bicyclic) bond motifs is 12. The van der Waals surface area contributed by atoms with Crippen molar-refractivity contribution in [1.82, 2.24) is 4.57 Å². The second kappa shape index (κ2) is 9.45. The molecule has 0 fully saturated rings. The molecule has 10 rings (SSSR count). The number of para-hydroxylation sites is 2. The number of benzene rings is 7. The van der Waals surface area contributed by atoms with Crippen molar-refractivity contribution in [3.05, 3.63) is 164 Å². The second-order valence-corrected chi connectivity index (χ2v) is 16.8. The Kier molecular flexibility index (Phi) is 5.30. The quantitative estimate of drug-likeness (QED) is 0.180. The van der Waals surface area contributed by atoms with Gasteiger partial charge in [0, 0.05) is 26.3 Å². The molecule has 0 atom stereocenters. The van der Waals surface area contributed by atoms with E-state index in [1.807, 2.05) is 11.8 Å². The van der Waals surface area contributed by atoms with Crippen LogP contribution in [-0.2, 0) is 0 Å². The van der Waals surface area contributed by atoms with E-state index in [1.54, 1.807) is 0 Å². The van der Waals surface area contributed by atoms with Gasteiger partial charge in [0.05, 0.1) is 11.0 Å². The molecule has 2 aliphatic heterocycles. The van der Waals surface area contributed by atoms with Gasteiger partial charge in [-0.1, -0.05) is 139 Å². The van der Waals surface area contributed by atoms with E-state index >= 15 is 0 Å². The minimum atomic E-state index is -2.51. The molecule has 2 aliphatic rings. The lowest BCUT2D eigenvalue weighted by molar-refractivity contribution is 1.18. The van der Waals surface area contributed by atoms with Gasteiger partial charge in [-0.25, -0.2) is 0 Å². The monoisotopic (exact) mass is 605 g/mol. The Morgan fingerprint density at radius 1 is 0.400 bits per heavy atom. The molecule has 3 heterocycles. The third kappa shape index (κ3) is 3.40. The van der Waals surface area contributed by atoms with Crippen LogP contribution in [0.2, 0.25) is 0 Å². The van der Waals surface area contributed by atoms with Crippen molar-refractivity contribution < 1.29 is 0 Å². The van der Waals surface area contributed by atoms with Crippen LogP contribution in [0.15, 0.2) is 174 Å². The van der Waals surface area contributed by atoms with Gasteiger partial charge in [-0.3, -0.25) is 0 Å². The lowest BCUT2D eigenvalue weighted by atomic mass is 10.0. The van der Waals surface area contributed by atoms with Crippen LogP contribution in [0.1, 0.15) is 0 Å². The summed E-state index contributed by atoms with van der Waals surface area (Å²) in [7, 11) is -2.51. The first kappa shape index (κ1) is 25.3. The van der Waals surface area contributed by atoms with Gasteiger partial charge < -0.3 is 4.57 Å². The van der Waals surface area contributed by atoms with Crippen LogP contribution in [0.5, 0.6) is 0 Å². The molecule has 0 radical (unpaired) electrons. The van der Waals surface area contributed by atoms with Crippen LogP contribution in [-0.4, -0.2) is 12.6 Å². The Morgan fingerprint density at radius 3 is 1.58 bits per heavy atom. The molecular weight excluding hydrogens is 579 g/mol. The zero-order chi connectivity index (χ0) is 29.5. The maximum Gasteiger partial charge on any atom is 0.183 e.